The second-order valence-electron chi connectivity index (χ2n) is 4.42. The molecule has 0 amide bonds. The molecule has 0 fully saturated rings. The molecule has 0 aliphatic rings. The van der Waals surface area contributed by atoms with Gasteiger partial charge in [-0.2, -0.15) is 19.3 Å². The summed E-state index contributed by atoms with van der Waals surface area (Å²) in [5.41, 5.74) is 0.607. The third-order valence-electron chi connectivity index (χ3n) is 2.90. The van der Waals surface area contributed by atoms with E-state index in [2.05, 4.69) is 29.6 Å². The zero-order valence-corrected chi connectivity index (χ0v) is 16.9. The molecular formula is C13H7Cl2N4NaO4S. The first-order chi connectivity index (χ1) is 11.5. The van der Waals surface area contributed by atoms with Gasteiger partial charge in [-0.05, 0) is 52.9 Å². The number of phenolic OH excluding ortho intramolecular Hbond substituents is 1. The van der Waals surface area contributed by atoms with E-state index < -0.39 is 0 Å². The van der Waals surface area contributed by atoms with Crippen LogP contribution in [0, 0.1) is 0 Å². The zero-order valence-electron chi connectivity index (χ0n) is 12.6. The van der Waals surface area contributed by atoms with Crippen LogP contribution in [0.3, 0.4) is 0 Å². The Hall–Kier alpha value is -0.880. The van der Waals surface area contributed by atoms with Crippen LogP contribution in [0.4, 0.5) is 11.6 Å². The minimum absolute atomic E-state index is 0. The number of fused-ring (bicyclic) bond motifs is 1. The van der Waals surface area contributed by atoms with Crippen molar-refractivity contribution in [1.29, 1.82) is 0 Å². The molecule has 1 aromatic heterocycles. The van der Waals surface area contributed by atoms with Gasteiger partial charge in [0.1, 0.15) is 5.75 Å². The molecule has 0 aliphatic heterocycles. The summed E-state index contributed by atoms with van der Waals surface area (Å²) in [7, 11) is 0. The zero-order chi connectivity index (χ0) is 17.1. The van der Waals surface area contributed by atoms with Gasteiger partial charge in [-0.3, -0.25) is 5.04 Å². The summed E-state index contributed by atoms with van der Waals surface area (Å²) in [5.74, 6) is 0.173. The van der Waals surface area contributed by atoms with Gasteiger partial charge in [0.05, 0.1) is 12.0 Å². The summed E-state index contributed by atoms with van der Waals surface area (Å²) in [6.45, 7) is 0. The minimum Gasteiger partial charge on any atom is -0.691 e. The van der Waals surface area contributed by atoms with Crippen molar-refractivity contribution in [2.24, 2.45) is 0 Å². The average Bonchev–Trinajstić information content (AvgIpc) is 2.52. The van der Waals surface area contributed by atoms with E-state index in [9.17, 15) is 10.4 Å². The van der Waals surface area contributed by atoms with Crippen LogP contribution < -0.4 is 40.1 Å². The molecule has 0 spiro atoms. The van der Waals surface area contributed by atoms with Gasteiger partial charge in [0.15, 0.2) is 0 Å². The van der Waals surface area contributed by atoms with E-state index >= 15 is 0 Å². The van der Waals surface area contributed by atoms with E-state index in [-0.39, 0.29) is 51.8 Å². The van der Waals surface area contributed by atoms with Crippen LogP contribution in [-0.4, -0.2) is 20.1 Å². The van der Waals surface area contributed by atoms with Crippen molar-refractivity contribution >= 4 is 57.7 Å². The molecule has 3 aromatic rings. The summed E-state index contributed by atoms with van der Waals surface area (Å²) < 4.78 is 4.24. The third-order valence-corrected chi connectivity index (χ3v) is 3.79. The van der Waals surface area contributed by atoms with Crippen LogP contribution >= 0.6 is 35.2 Å². The predicted octanol–water partition coefficient (Wildman–Crippen LogP) is 0.0154. The van der Waals surface area contributed by atoms with Gasteiger partial charge < -0.3 is 15.7 Å². The van der Waals surface area contributed by atoms with E-state index in [1.165, 1.54) is 6.07 Å². The number of hydrogen-bond donors (Lipinski definition) is 2. The number of hydrogen-bond acceptors (Lipinski definition) is 9. The topological polar surface area (TPSA) is 112 Å². The number of benzene rings is 2. The largest absolute Gasteiger partial charge is 1.00 e. The van der Waals surface area contributed by atoms with Crippen molar-refractivity contribution in [3.05, 3.63) is 40.9 Å². The van der Waals surface area contributed by atoms with Gasteiger partial charge in [-0.1, -0.05) is 6.07 Å². The Kier molecular flexibility index (Phi) is 7.50. The van der Waals surface area contributed by atoms with Gasteiger partial charge in [-0.25, -0.2) is 0 Å². The van der Waals surface area contributed by atoms with E-state index in [1.54, 1.807) is 24.3 Å². The summed E-state index contributed by atoms with van der Waals surface area (Å²) in [6, 6.07) is 8.35. The molecule has 0 atom stereocenters. The first-order valence-electron chi connectivity index (χ1n) is 6.29. The van der Waals surface area contributed by atoms with E-state index in [4.69, 9.17) is 23.2 Å². The number of nitrogens with zero attached hydrogens (tertiary/aromatic N) is 3. The van der Waals surface area contributed by atoms with Crippen molar-refractivity contribution in [2.45, 2.75) is 4.90 Å². The molecule has 25 heavy (non-hydrogen) atoms. The van der Waals surface area contributed by atoms with Crippen molar-refractivity contribution in [2.75, 3.05) is 5.32 Å². The van der Waals surface area contributed by atoms with Crippen molar-refractivity contribution in [1.82, 2.24) is 15.0 Å². The first-order valence-corrected chi connectivity index (χ1v) is 7.79. The summed E-state index contributed by atoms with van der Waals surface area (Å²) in [5, 5.41) is 27.4. The van der Waals surface area contributed by atoms with Gasteiger partial charge in [-0.15, -0.1) is 0 Å². The fourth-order valence-corrected chi connectivity index (χ4v) is 2.81. The van der Waals surface area contributed by atoms with Crippen LogP contribution in [-0.2, 0) is 9.37 Å². The second kappa shape index (κ2) is 9.17. The fourth-order valence-electron chi connectivity index (χ4n) is 2.00. The number of rotatable bonds is 5. The quantitative estimate of drug-likeness (QED) is 0.261. The number of halogens is 2. The Balaban J connectivity index is 0.00000225. The molecule has 2 N–H and O–H groups in total. The molecule has 0 radical (unpaired) electrons. The standard InChI is InChI=1S/C13H8Cl2N4O4S.Na/c14-11-17-12(15)19-13(18-11)16-7-2-1-6-3-8(24-23-22-21)5-10(20)9(6)4-7;/h1-5,20-21H,(H,16,17,18,19);/q;+1/p-1. The smallest absolute Gasteiger partial charge is 0.691 e. The molecule has 3 rings (SSSR count). The van der Waals surface area contributed by atoms with Crippen LogP contribution in [0.2, 0.25) is 10.6 Å². The van der Waals surface area contributed by atoms with Crippen LogP contribution in [0.15, 0.2) is 35.2 Å². The molecule has 0 saturated heterocycles. The maximum atomic E-state index is 10.1. The Morgan fingerprint density at radius 1 is 1.08 bits per heavy atom. The molecule has 2 aromatic carbocycles. The second-order valence-corrected chi connectivity index (χ2v) is 5.87. The number of phenols is 1. The fraction of sp³-hybridized carbons (Fsp3) is 0. The van der Waals surface area contributed by atoms with Gasteiger partial charge in [0.25, 0.3) is 0 Å². The maximum absolute atomic E-state index is 10.1. The molecule has 12 heteroatoms. The summed E-state index contributed by atoms with van der Waals surface area (Å²) in [6.07, 6.45) is 0. The van der Waals surface area contributed by atoms with Crippen LogP contribution in [0.5, 0.6) is 5.75 Å². The predicted molar refractivity (Wildman–Crippen MR) is 86.8 cm³/mol. The van der Waals surface area contributed by atoms with Crippen molar-refractivity contribution < 1.29 is 49.3 Å². The molecule has 124 valence electrons. The van der Waals surface area contributed by atoms with Crippen molar-refractivity contribution in [3.8, 4) is 5.75 Å². The van der Waals surface area contributed by atoms with E-state index in [0.717, 1.165) is 5.39 Å². The number of anilines is 2. The van der Waals surface area contributed by atoms with Crippen LogP contribution in [0.25, 0.3) is 10.8 Å². The number of nitrogens with one attached hydrogen (secondary N) is 1. The van der Waals surface area contributed by atoms with Gasteiger partial charge >= 0.3 is 29.6 Å². The molecule has 8 nitrogen and oxygen atoms in total. The Labute approximate surface area is 177 Å². The maximum Gasteiger partial charge on any atom is 1.00 e. The van der Waals surface area contributed by atoms with Crippen LogP contribution in [0.1, 0.15) is 0 Å². The molecule has 0 aliphatic carbocycles. The summed E-state index contributed by atoms with van der Waals surface area (Å²) in [4.78, 5) is 12.0. The summed E-state index contributed by atoms with van der Waals surface area (Å²) >= 11 is 12.1. The average molecular weight is 409 g/mol. The van der Waals surface area contributed by atoms with Gasteiger partial charge in [0, 0.05) is 16.0 Å². The molecular weight excluding hydrogens is 402 g/mol. The van der Waals surface area contributed by atoms with Gasteiger partial charge in [0.2, 0.25) is 16.5 Å². The first kappa shape index (κ1) is 20.4. The SMILES string of the molecule is [Na+].[O-]OOSc1cc(O)c2cc(Nc3nc(Cl)nc(Cl)n3)ccc2c1. The number of aromatic nitrogens is 3. The Morgan fingerprint density at radius 3 is 2.48 bits per heavy atom. The van der Waals surface area contributed by atoms with E-state index in [0.29, 0.717) is 28.0 Å². The Morgan fingerprint density at radius 2 is 1.80 bits per heavy atom. The Bertz CT molecular complexity index is 885. The van der Waals surface area contributed by atoms with Crippen molar-refractivity contribution in [3.63, 3.8) is 0 Å². The molecule has 0 saturated carbocycles. The molecule has 1 heterocycles. The van der Waals surface area contributed by atoms with E-state index in [1.807, 2.05) is 0 Å². The number of aromatic hydroxyl groups is 1. The molecule has 0 unspecified atom stereocenters. The normalized spacial score (nSPS) is 10.5. The monoisotopic (exact) mass is 408 g/mol. The molecule has 0 bridgehead atoms. The third kappa shape index (κ3) is 5.30. The minimum atomic E-state index is -0.0385.